The van der Waals surface area contributed by atoms with Crippen LogP contribution in [0.3, 0.4) is 0 Å². The second kappa shape index (κ2) is 7.35. The standard InChI is InChI=1S/C26H27FN6/c1-16-7-8-19-21(30-16)15-26(24(19)28)10-13-32(14-11-26)25-22-9-12-29-33(22)23(17(2)31-25)18-5-3-4-6-20(18)27/h3-9,12,24H,10-11,13-15,28H2,1-2H3/t24-/m1/s1. The van der Waals surface area contributed by atoms with E-state index in [9.17, 15) is 4.39 Å². The molecule has 4 aromatic rings. The predicted octanol–water partition coefficient (Wildman–Crippen LogP) is 4.39. The van der Waals surface area contributed by atoms with Crippen molar-refractivity contribution in [3.8, 4) is 11.3 Å². The van der Waals surface area contributed by atoms with Gasteiger partial charge in [-0.3, -0.25) is 4.98 Å². The van der Waals surface area contributed by atoms with E-state index in [1.54, 1.807) is 18.3 Å². The number of piperidine rings is 1. The van der Waals surface area contributed by atoms with Crippen LogP contribution in [-0.4, -0.2) is 32.7 Å². The third-order valence-electron chi connectivity index (χ3n) is 7.55. The number of aromatic nitrogens is 4. The molecule has 1 fully saturated rings. The molecule has 4 heterocycles. The van der Waals surface area contributed by atoms with Gasteiger partial charge in [0.1, 0.15) is 11.3 Å². The first kappa shape index (κ1) is 20.3. The lowest BCUT2D eigenvalue weighted by molar-refractivity contribution is 0.186. The molecule has 2 aliphatic rings. The summed E-state index contributed by atoms with van der Waals surface area (Å²) in [6.45, 7) is 5.70. The number of halogens is 1. The van der Waals surface area contributed by atoms with Gasteiger partial charge in [-0.1, -0.05) is 18.2 Å². The highest BCUT2D eigenvalue weighted by Crippen LogP contribution is 2.50. The molecule has 1 aromatic carbocycles. The average molecular weight is 443 g/mol. The van der Waals surface area contributed by atoms with E-state index < -0.39 is 0 Å². The third kappa shape index (κ3) is 3.06. The molecule has 1 spiro atoms. The molecule has 1 saturated heterocycles. The Bertz CT molecular complexity index is 1370. The Balaban J connectivity index is 1.33. The van der Waals surface area contributed by atoms with Crippen molar-refractivity contribution >= 4 is 11.3 Å². The largest absolute Gasteiger partial charge is 0.355 e. The summed E-state index contributed by atoms with van der Waals surface area (Å²) in [6, 6.07) is 13.0. The first-order valence-electron chi connectivity index (χ1n) is 11.5. The Morgan fingerprint density at radius 1 is 1.03 bits per heavy atom. The summed E-state index contributed by atoms with van der Waals surface area (Å²) in [6.07, 6.45) is 4.67. The number of pyridine rings is 1. The minimum atomic E-state index is -0.273. The van der Waals surface area contributed by atoms with Crippen LogP contribution in [0.25, 0.3) is 16.8 Å². The Labute approximate surface area is 192 Å². The first-order valence-corrected chi connectivity index (χ1v) is 11.5. The fourth-order valence-corrected chi connectivity index (χ4v) is 5.74. The van der Waals surface area contributed by atoms with Gasteiger partial charge in [0, 0.05) is 36.1 Å². The molecule has 6 rings (SSSR count). The number of fused-ring (bicyclic) bond motifs is 2. The molecule has 1 aliphatic carbocycles. The van der Waals surface area contributed by atoms with Crippen LogP contribution < -0.4 is 10.6 Å². The first-order chi connectivity index (χ1) is 16.0. The summed E-state index contributed by atoms with van der Waals surface area (Å²) in [7, 11) is 0. The van der Waals surface area contributed by atoms with Gasteiger partial charge in [-0.25, -0.2) is 13.9 Å². The predicted molar refractivity (Wildman–Crippen MR) is 127 cm³/mol. The fraction of sp³-hybridized carbons (Fsp3) is 0.346. The molecule has 0 unspecified atom stereocenters. The molecular formula is C26H27FN6. The van der Waals surface area contributed by atoms with Crippen molar-refractivity contribution in [1.82, 2.24) is 19.6 Å². The Morgan fingerprint density at radius 3 is 2.61 bits per heavy atom. The summed E-state index contributed by atoms with van der Waals surface area (Å²) in [5.74, 6) is 0.628. The van der Waals surface area contributed by atoms with Gasteiger partial charge in [-0.05, 0) is 68.4 Å². The van der Waals surface area contributed by atoms with Gasteiger partial charge >= 0.3 is 0 Å². The van der Waals surface area contributed by atoms with E-state index >= 15 is 0 Å². The van der Waals surface area contributed by atoms with Crippen molar-refractivity contribution in [3.63, 3.8) is 0 Å². The van der Waals surface area contributed by atoms with Crippen molar-refractivity contribution in [2.75, 3.05) is 18.0 Å². The van der Waals surface area contributed by atoms with E-state index in [2.05, 4.69) is 22.1 Å². The molecule has 168 valence electrons. The van der Waals surface area contributed by atoms with Crippen molar-refractivity contribution in [2.24, 2.45) is 11.1 Å². The van der Waals surface area contributed by atoms with Gasteiger partial charge in [0.05, 0.1) is 17.6 Å². The smallest absolute Gasteiger partial charge is 0.155 e. The van der Waals surface area contributed by atoms with Gasteiger partial charge in [-0.15, -0.1) is 0 Å². The lowest BCUT2D eigenvalue weighted by atomic mass is 9.73. The van der Waals surface area contributed by atoms with Crippen LogP contribution in [0.2, 0.25) is 0 Å². The van der Waals surface area contributed by atoms with Crippen LogP contribution in [-0.2, 0) is 6.42 Å². The quantitative estimate of drug-likeness (QED) is 0.499. The van der Waals surface area contributed by atoms with E-state index in [0.717, 1.165) is 60.8 Å². The van der Waals surface area contributed by atoms with Crippen LogP contribution in [0.4, 0.5) is 10.2 Å². The van der Waals surface area contributed by atoms with Crippen LogP contribution in [0.1, 0.15) is 41.5 Å². The zero-order chi connectivity index (χ0) is 22.7. The number of nitrogens with two attached hydrogens (primary N) is 1. The zero-order valence-electron chi connectivity index (χ0n) is 18.9. The minimum absolute atomic E-state index is 0.0239. The Morgan fingerprint density at radius 2 is 1.82 bits per heavy atom. The van der Waals surface area contributed by atoms with Crippen LogP contribution in [0.15, 0.2) is 48.7 Å². The summed E-state index contributed by atoms with van der Waals surface area (Å²) in [5.41, 5.74) is 13.1. The highest BCUT2D eigenvalue weighted by Gasteiger charge is 2.47. The number of anilines is 1. The van der Waals surface area contributed by atoms with E-state index in [4.69, 9.17) is 15.7 Å². The SMILES string of the molecule is Cc1ccc2c(n1)CC1(CCN(c3nc(C)c(-c4ccccc4F)n4nccc34)CC1)[C@@H]2N. The monoisotopic (exact) mass is 442 g/mol. The molecule has 0 saturated carbocycles. The molecule has 7 heteroatoms. The maximum atomic E-state index is 14.6. The maximum absolute atomic E-state index is 14.6. The molecule has 1 aliphatic heterocycles. The number of nitrogens with zero attached hydrogens (tertiary/aromatic N) is 5. The van der Waals surface area contributed by atoms with E-state index in [0.29, 0.717) is 11.3 Å². The van der Waals surface area contributed by atoms with Gasteiger partial charge < -0.3 is 10.6 Å². The normalized spacial score (nSPS) is 19.4. The van der Waals surface area contributed by atoms with Crippen LogP contribution in [0.5, 0.6) is 0 Å². The number of aryl methyl sites for hydroxylation is 2. The highest BCUT2D eigenvalue weighted by atomic mass is 19.1. The summed E-state index contributed by atoms with van der Waals surface area (Å²) < 4.78 is 16.4. The highest BCUT2D eigenvalue weighted by molar-refractivity contribution is 5.75. The third-order valence-corrected chi connectivity index (χ3v) is 7.55. The Kier molecular flexibility index (Phi) is 4.52. The fourth-order valence-electron chi connectivity index (χ4n) is 5.74. The molecule has 6 nitrogen and oxygen atoms in total. The molecule has 33 heavy (non-hydrogen) atoms. The van der Waals surface area contributed by atoms with E-state index in [1.807, 2.05) is 30.5 Å². The molecule has 2 N–H and O–H groups in total. The lowest BCUT2D eigenvalue weighted by Crippen LogP contribution is -2.44. The van der Waals surface area contributed by atoms with Crippen LogP contribution in [0, 0.1) is 25.1 Å². The van der Waals surface area contributed by atoms with E-state index in [-0.39, 0.29) is 17.3 Å². The molecule has 0 bridgehead atoms. The molecule has 1 atom stereocenters. The number of hydrogen-bond acceptors (Lipinski definition) is 5. The topological polar surface area (TPSA) is 72.3 Å². The maximum Gasteiger partial charge on any atom is 0.155 e. The molecular weight excluding hydrogens is 415 g/mol. The molecule has 0 amide bonds. The van der Waals surface area contributed by atoms with Gasteiger partial charge in [0.2, 0.25) is 0 Å². The minimum Gasteiger partial charge on any atom is -0.355 e. The molecule has 0 radical (unpaired) electrons. The summed E-state index contributed by atoms with van der Waals surface area (Å²) in [5, 5.41) is 4.53. The second-order valence-electron chi connectivity index (χ2n) is 9.47. The Hall–Kier alpha value is -3.32. The van der Waals surface area contributed by atoms with Crippen molar-refractivity contribution in [2.45, 2.75) is 39.2 Å². The lowest BCUT2D eigenvalue weighted by Gasteiger charge is -2.42. The number of benzene rings is 1. The van der Waals surface area contributed by atoms with Crippen molar-refractivity contribution < 1.29 is 4.39 Å². The van der Waals surface area contributed by atoms with Gasteiger partial charge in [0.25, 0.3) is 0 Å². The van der Waals surface area contributed by atoms with Crippen molar-refractivity contribution in [1.29, 1.82) is 0 Å². The number of rotatable bonds is 2. The second-order valence-corrected chi connectivity index (χ2v) is 9.47. The summed E-state index contributed by atoms with van der Waals surface area (Å²) >= 11 is 0. The number of hydrogen-bond donors (Lipinski definition) is 1. The van der Waals surface area contributed by atoms with E-state index in [1.165, 1.54) is 11.6 Å². The van der Waals surface area contributed by atoms with Crippen molar-refractivity contribution in [3.05, 3.63) is 77.1 Å². The average Bonchev–Trinajstić information content (AvgIpc) is 3.38. The van der Waals surface area contributed by atoms with Gasteiger partial charge in [-0.2, -0.15) is 5.10 Å². The van der Waals surface area contributed by atoms with Crippen LogP contribution >= 0.6 is 0 Å². The molecule has 3 aromatic heterocycles. The summed E-state index contributed by atoms with van der Waals surface area (Å²) in [4.78, 5) is 12.1. The van der Waals surface area contributed by atoms with Gasteiger partial charge in [0.15, 0.2) is 5.82 Å². The zero-order valence-corrected chi connectivity index (χ0v) is 18.9.